The number of carbonyl (C=O) groups excluding carboxylic acids is 2. The fourth-order valence-electron chi connectivity index (χ4n) is 5.61. The van der Waals surface area contributed by atoms with Gasteiger partial charge in [0, 0.05) is 37.0 Å². The van der Waals surface area contributed by atoms with Crippen LogP contribution in [0.5, 0.6) is 0 Å². The summed E-state index contributed by atoms with van der Waals surface area (Å²) in [4.78, 5) is 29.5. The van der Waals surface area contributed by atoms with E-state index in [0.717, 1.165) is 48.8 Å². The van der Waals surface area contributed by atoms with E-state index >= 15 is 0 Å². The molecule has 1 aliphatic rings. The zero-order valence-electron chi connectivity index (χ0n) is 25.0. The second-order valence-electron chi connectivity index (χ2n) is 11.3. The van der Waals surface area contributed by atoms with Crippen molar-refractivity contribution in [3.8, 4) is 0 Å². The number of sulfonamides is 1. The predicted molar refractivity (Wildman–Crippen MR) is 174 cm³/mol. The number of hydrogen-bond acceptors (Lipinski definition) is 4. The molecule has 1 aliphatic carbocycles. The fraction of sp³-hybridized carbons (Fsp3) is 0.412. The highest BCUT2D eigenvalue weighted by molar-refractivity contribution is 7.92. The first-order chi connectivity index (χ1) is 20.6. The molecule has 2 amide bonds. The third kappa shape index (κ3) is 9.57. The molecule has 43 heavy (non-hydrogen) atoms. The monoisotopic (exact) mass is 623 g/mol. The molecule has 0 unspecified atom stereocenters. The number of amides is 2. The topological polar surface area (TPSA) is 86.8 Å². The summed E-state index contributed by atoms with van der Waals surface area (Å²) < 4.78 is 26.7. The first-order valence-corrected chi connectivity index (χ1v) is 17.3. The summed E-state index contributed by atoms with van der Waals surface area (Å²) in [5.74, 6) is -0.362. The average molecular weight is 624 g/mol. The zero-order chi connectivity index (χ0) is 30.8. The van der Waals surface area contributed by atoms with Crippen molar-refractivity contribution in [1.82, 2.24) is 10.2 Å². The van der Waals surface area contributed by atoms with Gasteiger partial charge in [-0.15, -0.1) is 0 Å². The van der Waals surface area contributed by atoms with Crippen LogP contribution < -0.4 is 9.62 Å². The Hall–Kier alpha value is -3.36. The van der Waals surface area contributed by atoms with Crippen LogP contribution in [0.4, 0.5) is 5.69 Å². The molecule has 0 aliphatic heterocycles. The van der Waals surface area contributed by atoms with Gasteiger partial charge in [-0.25, -0.2) is 8.42 Å². The van der Waals surface area contributed by atoms with Gasteiger partial charge in [-0.05, 0) is 66.6 Å². The molecule has 1 fully saturated rings. The van der Waals surface area contributed by atoms with Crippen molar-refractivity contribution < 1.29 is 18.0 Å². The number of nitrogens with one attached hydrogen (secondary N) is 1. The Balaban J connectivity index is 1.57. The maximum absolute atomic E-state index is 14.0. The summed E-state index contributed by atoms with van der Waals surface area (Å²) in [6, 6.07) is 23.8. The smallest absolute Gasteiger partial charge is 0.243 e. The molecule has 1 saturated carbocycles. The van der Waals surface area contributed by atoms with Crippen molar-refractivity contribution >= 4 is 39.1 Å². The number of halogens is 1. The summed E-state index contributed by atoms with van der Waals surface area (Å²) in [6.07, 6.45) is 6.85. The molecule has 7 nitrogen and oxygen atoms in total. The minimum atomic E-state index is -3.56. The molecule has 3 aromatic carbocycles. The highest BCUT2D eigenvalue weighted by Gasteiger charge is 2.32. The Morgan fingerprint density at radius 1 is 0.907 bits per heavy atom. The van der Waals surface area contributed by atoms with Crippen molar-refractivity contribution in [1.29, 1.82) is 0 Å². The van der Waals surface area contributed by atoms with Crippen LogP contribution in [-0.4, -0.2) is 50.0 Å². The normalized spacial score (nSPS) is 14.3. The molecule has 4 rings (SSSR count). The van der Waals surface area contributed by atoms with E-state index in [1.54, 1.807) is 29.2 Å². The van der Waals surface area contributed by atoms with Crippen LogP contribution in [0.3, 0.4) is 0 Å². The van der Waals surface area contributed by atoms with E-state index in [4.69, 9.17) is 11.6 Å². The second-order valence-corrected chi connectivity index (χ2v) is 13.6. The highest BCUT2D eigenvalue weighted by atomic mass is 35.5. The molecule has 0 saturated heterocycles. The summed E-state index contributed by atoms with van der Waals surface area (Å²) in [7, 11) is -3.56. The molecule has 0 heterocycles. The van der Waals surface area contributed by atoms with Gasteiger partial charge in [0.1, 0.15) is 6.04 Å². The summed E-state index contributed by atoms with van der Waals surface area (Å²) in [5.41, 5.74) is 3.51. The van der Waals surface area contributed by atoms with E-state index in [-0.39, 0.29) is 37.4 Å². The first-order valence-electron chi connectivity index (χ1n) is 15.1. The van der Waals surface area contributed by atoms with Crippen molar-refractivity contribution in [2.24, 2.45) is 0 Å². The van der Waals surface area contributed by atoms with Crippen LogP contribution in [0.15, 0.2) is 78.9 Å². The van der Waals surface area contributed by atoms with E-state index in [1.165, 1.54) is 10.6 Å². The standard InChI is InChI=1S/C34H42ClN3O4S/c1-3-26-17-21-31(22-18-26)38(43(2,41)42)23-9-14-33(39)37(25-28-15-19-29(35)20-16-28)32(24-27-10-5-4-6-11-27)34(40)36-30-12-7-8-13-30/h4-6,10-11,15-22,30,32H,3,7-9,12-14,23-25H2,1-2H3,(H,36,40)/t32-/m1/s1. The molecule has 1 N–H and O–H groups in total. The maximum Gasteiger partial charge on any atom is 0.243 e. The minimum absolute atomic E-state index is 0.0919. The number of carbonyl (C=O) groups is 2. The van der Waals surface area contributed by atoms with E-state index < -0.39 is 16.1 Å². The number of rotatable bonds is 14. The van der Waals surface area contributed by atoms with Gasteiger partial charge in [0.2, 0.25) is 21.8 Å². The molecular formula is C34H42ClN3O4S. The van der Waals surface area contributed by atoms with Gasteiger partial charge in [-0.3, -0.25) is 13.9 Å². The number of anilines is 1. The molecule has 0 bridgehead atoms. The summed E-state index contributed by atoms with van der Waals surface area (Å²) in [5, 5.41) is 3.80. The van der Waals surface area contributed by atoms with Crippen LogP contribution in [0.25, 0.3) is 0 Å². The predicted octanol–water partition coefficient (Wildman–Crippen LogP) is 6.15. The van der Waals surface area contributed by atoms with Gasteiger partial charge >= 0.3 is 0 Å². The Morgan fingerprint density at radius 3 is 2.14 bits per heavy atom. The van der Waals surface area contributed by atoms with Crippen LogP contribution in [-0.2, 0) is 39.0 Å². The largest absolute Gasteiger partial charge is 0.352 e. The van der Waals surface area contributed by atoms with Gasteiger partial charge in [-0.1, -0.05) is 86.0 Å². The number of benzene rings is 3. The highest BCUT2D eigenvalue weighted by Crippen LogP contribution is 2.23. The third-order valence-electron chi connectivity index (χ3n) is 8.02. The molecule has 0 aromatic heterocycles. The fourth-order valence-corrected chi connectivity index (χ4v) is 6.70. The summed E-state index contributed by atoms with van der Waals surface area (Å²) >= 11 is 6.13. The molecule has 230 valence electrons. The van der Waals surface area contributed by atoms with Crippen LogP contribution in [0, 0.1) is 0 Å². The van der Waals surface area contributed by atoms with Crippen molar-refractivity contribution in [3.63, 3.8) is 0 Å². The zero-order valence-corrected chi connectivity index (χ0v) is 26.6. The lowest BCUT2D eigenvalue weighted by Gasteiger charge is -2.33. The van der Waals surface area contributed by atoms with Gasteiger partial charge in [0.25, 0.3) is 0 Å². The lowest BCUT2D eigenvalue weighted by atomic mass is 10.0. The summed E-state index contributed by atoms with van der Waals surface area (Å²) in [6.45, 7) is 2.44. The number of nitrogens with zero attached hydrogens (tertiary/aromatic N) is 2. The van der Waals surface area contributed by atoms with Crippen LogP contribution in [0.1, 0.15) is 62.1 Å². The average Bonchev–Trinajstić information content (AvgIpc) is 3.51. The van der Waals surface area contributed by atoms with E-state index in [9.17, 15) is 18.0 Å². The van der Waals surface area contributed by atoms with E-state index in [2.05, 4.69) is 5.32 Å². The van der Waals surface area contributed by atoms with Crippen molar-refractivity contribution in [3.05, 3.63) is 101 Å². The molecular weight excluding hydrogens is 582 g/mol. The lowest BCUT2D eigenvalue weighted by molar-refractivity contribution is -0.141. The quantitative estimate of drug-likeness (QED) is 0.233. The Kier molecular flexibility index (Phi) is 11.7. The van der Waals surface area contributed by atoms with E-state index in [0.29, 0.717) is 23.6 Å². The number of hydrogen-bond donors (Lipinski definition) is 1. The Bertz CT molecular complexity index is 1440. The van der Waals surface area contributed by atoms with Crippen molar-refractivity contribution in [2.45, 2.75) is 76.9 Å². The second kappa shape index (κ2) is 15.4. The molecule has 9 heteroatoms. The van der Waals surface area contributed by atoms with Crippen LogP contribution in [0.2, 0.25) is 5.02 Å². The third-order valence-corrected chi connectivity index (χ3v) is 9.47. The Morgan fingerprint density at radius 2 is 1.53 bits per heavy atom. The molecule has 0 spiro atoms. The maximum atomic E-state index is 14.0. The Labute approximate surface area is 261 Å². The van der Waals surface area contributed by atoms with Gasteiger partial charge < -0.3 is 10.2 Å². The molecule has 1 atom stereocenters. The molecule has 0 radical (unpaired) electrons. The van der Waals surface area contributed by atoms with Gasteiger partial charge in [0.05, 0.1) is 11.9 Å². The molecule has 3 aromatic rings. The van der Waals surface area contributed by atoms with Gasteiger partial charge in [0.15, 0.2) is 0 Å². The first kappa shape index (κ1) is 32.6. The number of aryl methyl sites for hydroxylation is 1. The van der Waals surface area contributed by atoms with E-state index in [1.807, 2.05) is 61.5 Å². The minimum Gasteiger partial charge on any atom is -0.352 e. The SMILES string of the molecule is CCc1ccc(N(CCCC(=O)N(Cc2ccc(Cl)cc2)[C@H](Cc2ccccc2)C(=O)NC2CCCC2)S(C)(=O)=O)cc1. The van der Waals surface area contributed by atoms with Crippen LogP contribution >= 0.6 is 11.6 Å². The van der Waals surface area contributed by atoms with Crippen molar-refractivity contribution in [2.75, 3.05) is 17.1 Å². The lowest BCUT2D eigenvalue weighted by Crippen LogP contribution is -2.52. The van der Waals surface area contributed by atoms with Gasteiger partial charge in [-0.2, -0.15) is 0 Å².